The van der Waals surface area contributed by atoms with Crippen LogP contribution in [0.2, 0.25) is 5.02 Å². The standard InChI is InChI=1S/C15H18ClF3N2/c16-12-5-11(15(17,18)19)6-14(7-12)21-4-3-10(9-21)8-20-13-1-2-13/h5-7,10,13,20H,1-4,8-9H2. The average molecular weight is 319 g/mol. The second-order valence-electron chi connectivity index (χ2n) is 5.98. The SMILES string of the molecule is FC(F)(F)c1cc(Cl)cc(N2CCC(CNC3CC3)C2)c1. The van der Waals surface area contributed by atoms with Gasteiger partial charge < -0.3 is 10.2 Å². The number of nitrogens with zero attached hydrogens (tertiary/aromatic N) is 1. The number of anilines is 1. The normalized spacial score (nSPS) is 22.9. The molecule has 3 rings (SSSR count). The lowest BCUT2D eigenvalue weighted by molar-refractivity contribution is -0.137. The Hall–Kier alpha value is -0.940. The number of rotatable bonds is 4. The molecule has 2 aliphatic rings. The molecule has 1 aliphatic carbocycles. The minimum atomic E-state index is -4.35. The molecule has 0 spiro atoms. The van der Waals surface area contributed by atoms with Crippen LogP contribution in [0.3, 0.4) is 0 Å². The molecule has 1 unspecified atom stereocenters. The maximum Gasteiger partial charge on any atom is 0.416 e. The van der Waals surface area contributed by atoms with Gasteiger partial charge in [-0.15, -0.1) is 0 Å². The molecular weight excluding hydrogens is 301 g/mol. The number of halogens is 4. The first kappa shape index (κ1) is 15.0. The van der Waals surface area contributed by atoms with Crippen molar-refractivity contribution in [3.63, 3.8) is 0 Å². The highest BCUT2D eigenvalue weighted by molar-refractivity contribution is 6.30. The fraction of sp³-hybridized carbons (Fsp3) is 0.600. The van der Waals surface area contributed by atoms with E-state index in [4.69, 9.17) is 11.6 Å². The van der Waals surface area contributed by atoms with Gasteiger partial charge in [0.15, 0.2) is 0 Å². The molecule has 21 heavy (non-hydrogen) atoms. The van der Waals surface area contributed by atoms with Crippen LogP contribution in [0, 0.1) is 5.92 Å². The third-order valence-corrected chi connectivity index (χ3v) is 4.35. The van der Waals surface area contributed by atoms with Crippen molar-refractivity contribution < 1.29 is 13.2 Å². The van der Waals surface area contributed by atoms with Crippen LogP contribution < -0.4 is 10.2 Å². The van der Waals surface area contributed by atoms with Gasteiger partial charge in [0.2, 0.25) is 0 Å². The largest absolute Gasteiger partial charge is 0.416 e. The van der Waals surface area contributed by atoms with Crippen LogP contribution in [0.15, 0.2) is 18.2 Å². The smallest absolute Gasteiger partial charge is 0.371 e. The van der Waals surface area contributed by atoms with Crippen LogP contribution in [-0.4, -0.2) is 25.7 Å². The van der Waals surface area contributed by atoms with E-state index in [1.54, 1.807) is 6.07 Å². The van der Waals surface area contributed by atoms with Gasteiger partial charge in [-0.05, 0) is 49.9 Å². The summed E-state index contributed by atoms with van der Waals surface area (Å²) >= 11 is 5.84. The van der Waals surface area contributed by atoms with E-state index < -0.39 is 11.7 Å². The zero-order valence-corrected chi connectivity index (χ0v) is 12.3. The van der Waals surface area contributed by atoms with Gasteiger partial charge in [-0.2, -0.15) is 13.2 Å². The van der Waals surface area contributed by atoms with E-state index in [0.29, 0.717) is 17.6 Å². The molecule has 2 fully saturated rings. The van der Waals surface area contributed by atoms with Crippen molar-refractivity contribution in [2.75, 3.05) is 24.5 Å². The number of alkyl halides is 3. The van der Waals surface area contributed by atoms with Crippen LogP contribution in [0.25, 0.3) is 0 Å². The Kier molecular flexibility index (Phi) is 4.06. The Balaban J connectivity index is 1.67. The van der Waals surface area contributed by atoms with E-state index in [-0.39, 0.29) is 5.02 Å². The van der Waals surface area contributed by atoms with Crippen molar-refractivity contribution >= 4 is 17.3 Å². The maximum absolute atomic E-state index is 12.8. The van der Waals surface area contributed by atoms with Crippen molar-refractivity contribution in [1.82, 2.24) is 5.32 Å². The van der Waals surface area contributed by atoms with E-state index in [1.165, 1.54) is 18.9 Å². The van der Waals surface area contributed by atoms with Gasteiger partial charge in [0.25, 0.3) is 0 Å². The van der Waals surface area contributed by atoms with E-state index in [9.17, 15) is 13.2 Å². The van der Waals surface area contributed by atoms with Gasteiger partial charge in [0.05, 0.1) is 5.56 Å². The molecule has 1 heterocycles. The summed E-state index contributed by atoms with van der Waals surface area (Å²) in [5.41, 5.74) is -0.103. The van der Waals surface area contributed by atoms with Crippen LogP contribution in [0.5, 0.6) is 0 Å². The van der Waals surface area contributed by atoms with Gasteiger partial charge >= 0.3 is 6.18 Å². The van der Waals surface area contributed by atoms with Crippen LogP contribution in [0.1, 0.15) is 24.8 Å². The van der Waals surface area contributed by atoms with Crippen molar-refractivity contribution in [2.45, 2.75) is 31.5 Å². The molecule has 1 atom stereocenters. The summed E-state index contributed by atoms with van der Waals surface area (Å²) in [6.07, 6.45) is -0.848. The molecule has 1 N–H and O–H groups in total. The Morgan fingerprint density at radius 1 is 1.19 bits per heavy atom. The van der Waals surface area contributed by atoms with Crippen molar-refractivity contribution in [3.05, 3.63) is 28.8 Å². The summed E-state index contributed by atoms with van der Waals surface area (Å²) in [7, 11) is 0. The molecule has 6 heteroatoms. The molecule has 0 bridgehead atoms. The first-order chi connectivity index (χ1) is 9.91. The van der Waals surface area contributed by atoms with Crippen LogP contribution in [-0.2, 0) is 6.18 Å². The maximum atomic E-state index is 12.8. The predicted molar refractivity (Wildman–Crippen MR) is 77.8 cm³/mol. The highest BCUT2D eigenvalue weighted by atomic mass is 35.5. The molecule has 1 saturated carbocycles. The van der Waals surface area contributed by atoms with Gasteiger partial charge in [0, 0.05) is 29.8 Å². The molecule has 2 nitrogen and oxygen atoms in total. The summed E-state index contributed by atoms with van der Waals surface area (Å²) in [4.78, 5) is 2.00. The molecule has 1 aliphatic heterocycles. The van der Waals surface area contributed by atoms with Crippen molar-refractivity contribution in [2.24, 2.45) is 5.92 Å². The Morgan fingerprint density at radius 2 is 1.95 bits per heavy atom. The molecule has 1 aromatic carbocycles. The summed E-state index contributed by atoms with van der Waals surface area (Å²) in [6.45, 7) is 2.53. The molecule has 1 saturated heterocycles. The van der Waals surface area contributed by atoms with Gasteiger partial charge in [-0.25, -0.2) is 0 Å². The highest BCUT2D eigenvalue weighted by Crippen LogP contribution is 2.35. The fourth-order valence-corrected chi connectivity index (χ4v) is 3.00. The first-order valence-corrected chi connectivity index (χ1v) is 7.66. The molecular formula is C15H18ClF3N2. The Morgan fingerprint density at radius 3 is 2.62 bits per heavy atom. The van der Waals surface area contributed by atoms with Gasteiger partial charge in [-0.1, -0.05) is 11.6 Å². The predicted octanol–water partition coefficient (Wildman–Crippen LogP) is 3.94. The Labute approximate surface area is 127 Å². The number of benzene rings is 1. The molecule has 1 aromatic rings. The molecule has 0 amide bonds. The van der Waals surface area contributed by atoms with Crippen molar-refractivity contribution in [3.8, 4) is 0 Å². The topological polar surface area (TPSA) is 15.3 Å². The molecule has 0 aromatic heterocycles. The monoisotopic (exact) mass is 318 g/mol. The first-order valence-electron chi connectivity index (χ1n) is 7.28. The molecule has 116 valence electrons. The zero-order chi connectivity index (χ0) is 15.0. The quantitative estimate of drug-likeness (QED) is 0.904. The van der Waals surface area contributed by atoms with E-state index in [0.717, 1.165) is 32.1 Å². The van der Waals surface area contributed by atoms with Gasteiger partial charge in [-0.3, -0.25) is 0 Å². The highest BCUT2D eigenvalue weighted by Gasteiger charge is 2.32. The van der Waals surface area contributed by atoms with E-state index >= 15 is 0 Å². The third-order valence-electron chi connectivity index (χ3n) is 4.13. The second kappa shape index (κ2) is 5.69. The van der Waals surface area contributed by atoms with Gasteiger partial charge in [0.1, 0.15) is 0 Å². The fourth-order valence-electron chi connectivity index (χ4n) is 2.77. The summed E-state index contributed by atoms with van der Waals surface area (Å²) in [5, 5.41) is 3.62. The van der Waals surface area contributed by atoms with E-state index in [1.807, 2.05) is 4.90 Å². The second-order valence-corrected chi connectivity index (χ2v) is 6.42. The lowest BCUT2D eigenvalue weighted by Crippen LogP contribution is -2.27. The number of nitrogens with one attached hydrogen (secondary N) is 1. The molecule has 0 radical (unpaired) electrons. The Bertz CT molecular complexity index is 514. The van der Waals surface area contributed by atoms with E-state index in [2.05, 4.69) is 5.32 Å². The van der Waals surface area contributed by atoms with Crippen molar-refractivity contribution in [1.29, 1.82) is 0 Å². The minimum Gasteiger partial charge on any atom is -0.371 e. The van der Waals surface area contributed by atoms with Crippen LogP contribution in [0.4, 0.5) is 18.9 Å². The number of hydrogen-bond acceptors (Lipinski definition) is 2. The third kappa shape index (κ3) is 3.83. The average Bonchev–Trinajstić information content (AvgIpc) is 3.11. The zero-order valence-electron chi connectivity index (χ0n) is 11.6. The lowest BCUT2D eigenvalue weighted by atomic mass is 10.1. The summed E-state index contributed by atoms with van der Waals surface area (Å²) < 4.78 is 38.5. The number of hydrogen-bond donors (Lipinski definition) is 1. The summed E-state index contributed by atoms with van der Waals surface area (Å²) in [5.74, 6) is 0.499. The lowest BCUT2D eigenvalue weighted by Gasteiger charge is -2.21. The minimum absolute atomic E-state index is 0.138. The van der Waals surface area contributed by atoms with Crippen LogP contribution >= 0.6 is 11.6 Å². The summed E-state index contributed by atoms with van der Waals surface area (Å²) in [6, 6.07) is 4.46.